The van der Waals surface area contributed by atoms with Crippen LogP contribution in [0.3, 0.4) is 0 Å². The molecule has 0 aliphatic heterocycles. The normalized spacial score (nSPS) is 12.0. The molecule has 1 amide bonds. The highest BCUT2D eigenvalue weighted by atomic mass is 16.6. The van der Waals surface area contributed by atoms with Gasteiger partial charge < -0.3 is 10.6 Å². The van der Waals surface area contributed by atoms with Crippen LogP contribution in [0.5, 0.6) is 0 Å². The quantitative estimate of drug-likeness (QED) is 0.507. The van der Waals surface area contributed by atoms with Crippen LogP contribution in [0.2, 0.25) is 0 Å². The van der Waals surface area contributed by atoms with Crippen molar-refractivity contribution in [3.8, 4) is 0 Å². The van der Waals surface area contributed by atoms with E-state index in [1.165, 1.54) is 11.5 Å². The molecule has 0 fully saturated rings. The van der Waals surface area contributed by atoms with E-state index < -0.39 is 4.92 Å². The van der Waals surface area contributed by atoms with Crippen LogP contribution in [0.25, 0.3) is 10.8 Å². The van der Waals surface area contributed by atoms with Crippen LogP contribution in [0.4, 0.5) is 11.4 Å². The zero-order chi connectivity index (χ0) is 20.3. The zero-order valence-electron chi connectivity index (χ0n) is 16.2. The van der Waals surface area contributed by atoms with Gasteiger partial charge in [-0.15, -0.1) is 0 Å². The van der Waals surface area contributed by atoms with Gasteiger partial charge >= 0.3 is 0 Å². The minimum Gasteiger partial charge on any atom is -0.332 e. The number of nitro groups is 1. The molecule has 0 heterocycles. The van der Waals surface area contributed by atoms with E-state index in [4.69, 9.17) is 0 Å². The van der Waals surface area contributed by atoms with Crippen molar-refractivity contribution in [3.05, 3.63) is 81.4 Å². The van der Waals surface area contributed by atoms with Gasteiger partial charge in [-0.2, -0.15) is 0 Å². The third-order valence-electron chi connectivity index (χ3n) is 5.05. The number of nitrogens with one attached hydrogen (secondary N) is 1. The van der Waals surface area contributed by atoms with E-state index in [0.29, 0.717) is 0 Å². The highest BCUT2D eigenvalue weighted by Gasteiger charge is 2.19. The average molecular weight is 378 g/mol. The number of carbonyl (C=O) groups excluding carboxylic acids is 1. The van der Waals surface area contributed by atoms with Crippen molar-refractivity contribution in [1.29, 1.82) is 0 Å². The van der Waals surface area contributed by atoms with Crippen molar-refractivity contribution in [3.63, 3.8) is 0 Å². The predicted octanol–water partition coefficient (Wildman–Crippen LogP) is 3.63. The minimum absolute atomic E-state index is 0.0755. The van der Waals surface area contributed by atoms with Crippen LogP contribution >= 0.6 is 0 Å². The first-order valence-electron chi connectivity index (χ1n) is 9.23. The number of amides is 1. The number of nitrogens with zero attached hydrogens (tertiary/aromatic N) is 1. The Balaban J connectivity index is 1.71. The molecule has 3 aromatic carbocycles. The number of anilines is 1. The Hall–Kier alpha value is -3.25. The van der Waals surface area contributed by atoms with Gasteiger partial charge in [-0.05, 0) is 48.7 Å². The van der Waals surface area contributed by atoms with Gasteiger partial charge in [-0.3, -0.25) is 14.9 Å². The van der Waals surface area contributed by atoms with Gasteiger partial charge in [0, 0.05) is 11.6 Å². The van der Waals surface area contributed by atoms with Crippen LogP contribution in [0, 0.1) is 24.0 Å². The molecule has 0 unspecified atom stereocenters. The lowest BCUT2D eigenvalue weighted by molar-refractivity contribution is -0.682. The van der Waals surface area contributed by atoms with Crippen molar-refractivity contribution < 1.29 is 15.0 Å². The molecule has 1 atom stereocenters. The number of hydrogen-bond acceptors (Lipinski definition) is 3. The summed E-state index contributed by atoms with van der Waals surface area (Å²) < 4.78 is 0. The Labute approximate surface area is 163 Å². The summed E-state index contributed by atoms with van der Waals surface area (Å²) in [6, 6.07) is 17.5. The van der Waals surface area contributed by atoms with Crippen molar-refractivity contribution in [2.24, 2.45) is 0 Å². The molecule has 0 spiro atoms. The second-order valence-electron chi connectivity index (χ2n) is 7.06. The Morgan fingerprint density at radius 1 is 1.11 bits per heavy atom. The first kappa shape index (κ1) is 19.5. The van der Waals surface area contributed by atoms with Crippen molar-refractivity contribution in [2.45, 2.75) is 26.8 Å². The molecular weight excluding hydrogens is 354 g/mol. The van der Waals surface area contributed by atoms with Crippen LogP contribution in [0.15, 0.2) is 54.6 Å². The topological polar surface area (TPSA) is 88.8 Å². The molecule has 6 nitrogen and oxygen atoms in total. The monoisotopic (exact) mass is 378 g/mol. The SMILES string of the molecule is Cc1cc(NC(=O)C[NH2+][C@@H](C)c2cccc3ccccc23)c([N+](=O)[O-])cc1C. The largest absolute Gasteiger partial charge is 0.332 e. The molecule has 0 aliphatic rings. The second-order valence-corrected chi connectivity index (χ2v) is 7.06. The molecule has 3 rings (SSSR count). The molecule has 0 saturated carbocycles. The molecule has 0 bridgehead atoms. The van der Waals surface area contributed by atoms with Gasteiger partial charge in [-0.1, -0.05) is 42.5 Å². The minimum atomic E-state index is -0.468. The second kappa shape index (κ2) is 8.19. The van der Waals surface area contributed by atoms with Gasteiger partial charge in [0.2, 0.25) is 0 Å². The highest BCUT2D eigenvalue weighted by molar-refractivity contribution is 5.94. The Morgan fingerprint density at radius 3 is 2.54 bits per heavy atom. The molecule has 28 heavy (non-hydrogen) atoms. The van der Waals surface area contributed by atoms with E-state index in [1.54, 1.807) is 6.07 Å². The van der Waals surface area contributed by atoms with Crippen LogP contribution in [-0.2, 0) is 4.79 Å². The number of fused-ring (bicyclic) bond motifs is 1. The Morgan fingerprint density at radius 2 is 1.79 bits per heavy atom. The number of benzene rings is 3. The smallest absolute Gasteiger partial charge is 0.293 e. The molecule has 3 aromatic rings. The van der Waals surface area contributed by atoms with E-state index in [9.17, 15) is 14.9 Å². The zero-order valence-corrected chi connectivity index (χ0v) is 16.2. The van der Waals surface area contributed by atoms with Crippen LogP contribution in [0.1, 0.15) is 29.7 Å². The molecule has 6 heteroatoms. The number of nitro benzene ring substituents is 1. The summed E-state index contributed by atoms with van der Waals surface area (Å²) in [6.07, 6.45) is 0. The Bertz CT molecular complexity index is 1040. The maximum absolute atomic E-state index is 12.4. The number of carbonyl (C=O) groups is 1. The summed E-state index contributed by atoms with van der Waals surface area (Å²) in [5.74, 6) is -0.265. The van der Waals surface area contributed by atoms with Gasteiger partial charge in [-0.25, -0.2) is 0 Å². The summed E-state index contributed by atoms with van der Waals surface area (Å²) in [5.41, 5.74) is 3.03. The molecule has 0 aliphatic carbocycles. The van der Waals surface area contributed by atoms with Gasteiger partial charge in [0.05, 0.1) is 4.92 Å². The fraction of sp³-hybridized carbons (Fsp3) is 0.227. The summed E-state index contributed by atoms with van der Waals surface area (Å²) in [7, 11) is 0. The van der Waals surface area contributed by atoms with Gasteiger partial charge in [0.25, 0.3) is 11.6 Å². The number of rotatable bonds is 6. The van der Waals surface area contributed by atoms with E-state index >= 15 is 0 Å². The summed E-state index contributed by atoms with van der Waals surface area (Å²) in [4.78, 5) is 23.2. The fourth-order valence-corrected chi connectivity index (χ4v) is 3.31. The first-order valence-corrected chi connectivity index (χ1v) is 9.23. The van der Waals surface area contributed by atoms with Crippen molar-refractivity contribution >= 4 is 28.1 Å². The van der Waals surface area contributed by atoms with Crippen LogP contribution < -0.4 is 10.6 Å². The van der Waals surface area contributed by atoms with Gasteiger partial charge in [0.1, 0.15) is 11.7 Å². The lowest BCUT2D eigenvalue weighted by Gasteiger charge is -2.14. The molecule has 3 N–H and O–H groups in total. The lowest BCUT2D eigenvalue weighted by atomic mass is 10.00. The summed E-state index contributed by atoms with van der Waals surface area (Å²) in [6.45, 7) is 5.90. The van der Waals surface area contributed by atoms with E-state index in [1.807, 2.05) is 44.3 Å². The van der Waals surface area contributed by atoms with E-state index in [-0.39, 0.29) is 29.9 Å². The summed E-state index contributed by atoms with van der Waals surface area (Å²) >= 11 is 0. The highest BCUT2D eigenvalue weighted by Crippen LogP contribution is 2.28. The predicted molar refractivity (Wildman–Crippen MR) is 110 cm³/mol. The van der Waals surface area contributed by atoms with Crippen molar-refractivity contribution in [2.75, 3.05) is 11.9 Å². The van der Waals surface area contributed by atoms with Gasteiger partial charge in [0.15, 0.2) is 6.54 Å². The summed E-state index contributed by atoms with van der Waals surface area (Å²) in [5, 5.41) is 18.2. The maximum Gasteiger partial charge on any atom is 0.293 e. The van der Waals surface area contributed by atoms with E-state index in [0.717, 1.165) is 22.1 Å². The Kier molecular flexibility index (Phi) is 5.70. The van der Waals surface area contributed by atoms with E-state index in [2.05, 4.69) is 29.6 Å². The first-order chi connectivity index (χ1) is 13.4. The van der Waals surface area contributed by atoms with Crippen LogP contribution in [-0.4, -0.2) is 17.4 Å². The number of nitrogens with two attached hydrogens (primary N) is 1. The fourth-order valence-electron chi connectivity index (χ4n) is 3.31. The van der Waals surface area contributed by atoms with Crippen molar-refractivity contribution in [1.82, 2.24) is 0 Å². The maximum atomic E-state index is 12.4. The molecular formula is C22H24N3O3+. The molecule has 0 saturated heterocycles. The average Bonchev–Trinajstić information content (AvgIpc) is 2.68. The molecule has 0 radical (unpaired) electrons. The standard InChI is InChI=1S/C22H23N3O3/c1-14-11-20(21(25(27)28)12-15(14)2)24-22(26)13-23-16(3)18-10-6-8-17-7-4-5-9-19(17)18/h4-12,16,23H,13H2,1-3H3,(H,24,26)/p+1/t16-/m0/s1. The molecule has 144 valence electrons. The number of aryl methyl sites for hydroxylation is 2. The third kappa shape index (κ3) is 4.18. The third-order valence-corrected chi connectivity index (χ3v) is 5.05. The lowest BCUT2D eigenvalue weighted by Crippen LogP contribution is -2.86. The number of quaternary nitrogens is 1. The molecule has 0 aromatic heterocycles. The number of hydrogen-bond donors (Lipinski definition) is 2.